The maximum Gasteiger partial charge on any atom is 0.469 e. The van der Waals surface area contributed by atoms with Gasteiger partial charge in [-0.2, -0.15) is 0 Å². The maximum absolute atomic E-state index is 12.4. The molecule has 0 amide bonds. The molecule has 51 heavy (non-hydrogen) atoms. The third kappa shape index (κ3) is 32.1. The van der Waals surface area contributed by atoms with E-state index in [0.717, 1.165) is 70.6 Å². The molecule has 0 radical (unpaired) electrons. The van der Waals surface area contributed by atoms with Gasteiger partial charge in [-0.25, -0.2) is 4.57 Å². The molecule has 2 N–H and O–H groups in total. The molecule has 1 aliphatic heterocycles. The number of carbonyl (C=O) groups is 2. The number of phosphoric acid groups is 1. The summed E-state index contributed by atoms with van der Waals surface area (Å²) in [6.45, 7) is 3.54. The van der Waals surface area contributed by atoms with Crippen LogP contribution in [-0.2, 0) is 32.9 Å². The van der Waals surface area contributed by atoms with E-state index in [2.05, 4.69) is 79.1 Å². The van der Waals surface area contributed by atoms with Gasteiger partial charge in [-0.15, -0.1) is 0 Å². The zero-order valence-corrected chi connectivity index (χ0v) is 32.6. The molecular formula is C41H69O9P. The minimum absolute atomic E-state index is 0.134. The first-order valence-electron chi connectivity index (χ1n) is 19.7. The fourth-order valence-corrected chi connectivity index (χ4v) is 5.75. The van der Waals surface area contributed by atoms with Gasteiger partial charge < -0.3 is 24.0 Å². The van der Waals surface area contributed by atoms with E-state index in [4.69, 9.17) is 24.0 Å². The molecule has 3 atom stereocenters. The first-order valence-corrected chi connectivity index (χ1v) is 21.3. The lowest BCUT2D eigenvalue weighted by atomic mass is 10.1. The van der Waals surface area contributed by atoms with Crippen molar-refractivity contribution in [3.8, 4) is 0 Å². The van der Waals surface area contributed by atoms with Crippen LogP contribution < -0.4 is 0 Å². The zero-order chi connectivity index (χ0) is 37.3. The van der Waals surface area contributed by atoms with Gasteiger partial charge in [-0.3, -0.25) is 14.1 Å². The predicted octanol–water partition coefficient (Wildman–Crippen LogP) is 10.7. The Morgan fingerprint density at radius 2 is 1.20 bits per heavy atom. The first kappa shape index (κ1) is 46.7. The largest absolute Gasteiger partial charge is 0.469 e. The normalized spacial score (nSPS) is 17.1. The Kier molecular flexibility index (Phi) is 29.7. The van der Waals surface area contributed by atoms with Gasteiger partial charge in [0.15, 0.2) is 6.10 Å². The van der Waals surface area contributed by atoms with E-state index in [-0.39, 0.29) is 31.7 Å². The number of carbonyl (C=O) groups excluding carboxylic acids is 2. The highest BCUT2D eigenvalue weighted by Gasteiger charge is 2.36. The fourth-order valence-electron chi connectivity index (χ4n) is 5.39. The Hall–Kier alpha value is -2.29. The monoisotopic (exact) mass is 736 g/mol. The molecule has 0 aromatic rings. The number of esters is 2. The number of unbranched alkanes of at least 4 members (excludes halogenated alkanes) is 12. The summed E-state index contributed by atoms with van der Waals surface area (Å²) in [7, 11) is -4.78. The van der Waals surface area contributed by atoms with Crippen LogP contribution in [0.4, 0.5) is 0 Å². The quantitative estimate of drug-likeness (QED) is 0.0165. The number of epoxide rings is 1. The fraction of sp³-hybridized carbons (Fsp3) is 0.707. The summed E-state index contributed by atoms with van der Waals surface area (Å²) in [6.07, 6.45) is 42.4. The van der Waals surface area contributed by atoms with Crippen LogP contribution in [0, 0.1) is 0 Å². The molecule has 1 fully saturated rings. The van der Waals surface area contributed by atoms with E-state index in [9.17, 15) is 14.2 Å². The number of hydrogen-bond donors (Lipinski definition) is 2. The predicted molar refractivity (Wildman–Crippen MR) is 206 cm³/mol. The van der Waals surface area contributed by atoms with Crippen LogP contribution in [-0.4, -0.2) is 53.3 Å². The van der Waals surface area contributed by atoms with E-state index in [1.807, 2.05) is 0 Å². The smallest absolute Gasteiger partial charge is 0.462 e. The van der Waals surface area contributed by atoms with Gasteiger partial charge in [-0.05, 0) is 77.0 Å². The molecule has 0 aromatic heterocycles. The molecule has 1 saturated heterocycles. The van der Waals surface area contributed by atoms with Crippen LogP contribution >= 0.6 is 7.82 Å². The molecule has 0 aliphatic carbocycles. The summed E-state index contributed by atoms with van der Waals surface area (Å²) in [6, 6.07) is 0. The van der Waals surface area contributed by atoms with E-state index < -0.39 is 32.5 Å². The standard InChI is InChI=1S/C41H69O9P/c1-3-5-7-9-11-13-15-17-18-19-21-23-25-27-29-33-41(43)49-37(36-48-51(44,45)46)35-47-40(42)34-30-32-39-38(50-39)31-28-26-24-22-20-16-14-12-10-8-6-4-2/h12-15,17-18,20,22,26,28,37-39H,3-11,16,19,21,23-25,27,29-36H2,1-2H3,(H2,44,45,46)/b14-12-,15-13-,18-17-,22-20-,28-26-/t37-,38?,39?/m1/s1. The third-order valence-electron chi connectivity index (χ3n) is 8.46. The lowest BCUT2D eigenvalue weighted by molar-refractivity contribution is -0.161. The van der Waals surface area contributed by atoms with Crippen molar-refractivity contribution >= 4 is 19.8 Å². The number of hydrogen-bond acceptors (Lipinski definition) is 7. The second-order valence-corrected chi connectivity index (χ2v) is 14.6. The summed E-state index contributed by atoms with van der Waals surface area (Å²) >= 11 is 0. The van der Waals surface area contributed by atoms with Gasteiger partial charge in [0.05, 0.1) is 18.8 Å². The van der Waals surface area contributed by atoms with Gasteiger partial charge in [0, 0.05) is 12.8 Å². The first-order chi connectivity index (χ1) is 24.7. The second kappa shape index (κ2) is 32.4. The Morgan fingerprint density at radius 3 is 1.88 bits per heavy atom. The van der Waals surface area contributed by atoms with Crippen molar-refractivity contribution in [2.45, 2.75) is 173 Å². The zero-order valence-electron chi connectivity index (χ0n) is 31.7. The molecule has 0 bridgehead atoms. The molecule has 292 valence electrons. The Morgan fingerprint density at radius 1 is 0.647 bits per heavy atom. The van der Waals surface area contributed by atoms with Crippen LogP contribution in [0.15, 0.2) is 60.8 Å². The number of phosphoric ester groups is 1. The van der Waals surface area contributed by atoms with Gasteiger partial charge in [-0.1, -0.05) is 126 Å². The summed E-state index contributed by atoms with van der Waals surface area (Å²) in [5.41, 5.74) is 0. The molecule has 1 aliphatic rings. The molecule has 0 saturated carbocycles. The molecule has 1 rings (SSSR count). The van der Waals surface area contributed by atoms with E-state index in [1.165, 1.54) is 44.9 Å². The minimum atomic E-state index is -4.78. The number of rotatable bonds is 34. The summed E-state index contributed by atoms with van der Waals surface area (Å²) in [5, 5.41) is 0. The highest BCUT2D eigenvalue weighted by Crippen LogP contribution is 2.36. The molecule has 2 unspecified atom stereocenters. The SMILES string of the molecule is CCCCC/C=C\C/C=C\C/C=C\CC1OC1CCCC(=O)OC[C@H](COP(=O)(O)O)OC(=O)CCCCCCC/C=C\C=C/CCCCCC. The average molecular weight is 737 g/mol. The Balaban J connectivity index is 2.16. The highest BCUT2D eigenvalue weighted by molar-refractivity contribution is 7.46. The van der Waals surface area contributed by atoms with Crippen LogP contribution in [0.1, 0.15) is 155 Å². The molecule has 9 nitrogen and oxygen atoms in total. The second-order valence-electron chi connectivity index (χ2n) is 13.3. The van der Waals surface area contributed by atoms with Crippen molar-refractivity contribution in [2.24, 2.45) is 0 Å². The lowest BCUT2D eigenvalue weighted by Crippen LogP contribution is -2.29. The number of ether oxygens (including phenoxy) is 3. The summed E-state index contributed by atoms with van der Waals surface area (Å²) < 4.78 is 32.1. The third-order valence-corrected chi connectivity index (χ3v) is 8.95. The van der Waals surface area contributed by atoms with Crippen LogP contribution in [0.2, 0.25) is 0 Å². The van der Waals surface area contributed by atoms with Gasteiger partial charge >= 0.3 is 19.8 Å². The van der Waals surface area contributed by atoms with Crippen LogP contribution in [0.5, 0.6) is 0 Å². The van der Waals surface area contributed by atoms with Crippen molar-refractivity contribution in [2.75, 3.05) is 13.2 Å². The van der Waals surface area contributed by atoms with Gasteiger partial charge in [0.2, 0.25) is 0 Å². The summed E-state index contributed by atoms with van der Waals surface area (Å²) in [4.78, 5) is 42.9. The van der Waals surface area contributed by atoms with Crippen molar-refractivity contribution < 1.29 is 42.7 Å². The molecular weight excluding hydrogens is 667 g/mol. The van der Waals surface area contributed by atoms with Crippen LogP contribution in [0.25, 0.3) is 0 Å². The number of allylic oxidation sites excluding steroid dienone is 9. The minimum Gasteiger partial charge on any atom is -0.462 e. The van der Waals surface area contributed by atoms with Gasteiger partial charge in [0.25, 0.3) is 0 Å². The maximum atomic E-state index is 12.4. The van der Waals surface area contributed by atoms with E-state index >= 15 is 0 Å². The molecule has 0 spiro atoms. The van der Waals surface area contributed by atoms with Crippen molar-refractivity contribution in [3.05, 3.63) is 60.8 Å². The van der Waals surface area contributed by atoms with Crippen molar-refractivity contribution in [3.63, 3.8) is 0 Å². The molecule has 0 aromatic carbocycles. The Labute approximate surface area is 309 Å². The molecule has 1 heterocycles. The average Bonchev–Trinajstić information content (AvgIpc) is 3.85. The molecule has 10 heteroatoms. The van der Waals surface area contributed by atoms with Crippen molar-refractivity contribution in [1.29, 1.82) is 0 Å². The summed E-state index contributed by atoms with van der Waals surface area (Å²) in [5.74, 6) is -0.984. The highest BCUT2D eigenvalue weighted by atomic mass is 31.2. The van der Waals surface area contributed by atoms with E-state index in [1.54, 1.807) is 0 Å². The van der Waals surface area contributed by atoms with Crippen LogP contribution in [0.3, 0.4) is 0 Å². The van der Waals surface area contributed by atoms with Crippen molar-refractivity contribution in [1.82, 2.24) is 0 Å². The lowest BCUT2D eigenvalue weighted by Gasteiger charge is -2.18. The topological polar surface area (TPSA) is 132 Å². The van der Waals surface area contributed by atoms with E-state index in [0.29, 0.717) is 12.8 Å². The van der Waals surface area contributed by atoms with Gasteiger partial charge in [0.1, 0.15) is 6.61 Å². The Bertz CT molecular complexity index is 1080.